The third-order valence-electron chi connectivity index (χ3n) is 7.26. The summed E-state index contributed by atoms with van der Waals surface area (Å²) in [6.45, 7) is 1.91. The van der Waals surface area contributed by atoms with Crippen LogP contribution in [-0.2, 0) is 14.8 Å². The zero-order valence-electron chi connectivity index (χ0n) is 20.6. The largest absolute Gasteiger partial charge is 0.496 e. The van der Waals surface area contributed by atoms with Crippen LogP contribution < -0.4 is 4.74 Å². The lowest BCUT2D eigenvalue weighted by Gasteiger charge is -2.37. The van der Waals surface area contributed by atoms with E-state index >= 15 is 0 Å². The molecular weight excluding hydrogens is 493 g/mol. The third kappa shape index (κ3) is 4.98. The fraction of sp³-hybridized carbons (Fsp3) is 0.500. The molecular formula is C26H31F3N2O4S. The van der Waals surface area contributed by atoms with Crippen molar-refractivity contribution >= 4 is 15.9 Å². The van der Waals surface area contributed by atoms with Crippen LogP contribution in [0.5, 0.6) is 5.75 Å². The van der Waals surface area contributed by atoms with E-state index in [0.717, 1.165) is 5.56 Å². The van der Waals surface area contributed by atoms with Crippen LogP contribution in [0.25, 0.3) is 11.1 Å². The predicted molar refractivity (Wildman–Crippen MR) is 130 cm³/mol. The first kappa shape index (κ1) is 26.5. The molecule has 0 unspecified atom stereocenters. The second-order valence-electron chi connectivity index (χ2n) is 9.63. The maximum Gasteiger partial charge on any atom is 0.248 e. The predicted octanol–water partition coefficient (Wildman–Crippen LogP) is 5.00. The summed E-state index contributed by atoms with van der Waals surface area (Å²) in [6, 6.07) is 7.62. The van der Waals surface area contributed by atoms with Gasteiger partial charge in [-0.15, -0.1) is 0 Å². The number of rotatable bonds is 6. The summed E-state index contributed by atoms with van der Waals surface area (Å²) in [5, 5.41) is 0. The fourth-order valence-corrected chi connectivity index (χ4v) is 7.06. The van der Waals surface area contributed by atoms with Gasteiger partial charge in [0.25, 0.3) is 0 Å². The van der Waals surface area contributed by atoms with Crippen LogP contribution in [0.1, 0.15) is 44.1 Å². The Morgan fingerprint density at radius 3 is 2.50 bits per heavy atom. The Kier molecular flexibility index (Phi) is 7.39. The molecule has 36 heavy (non-hydrogen) atoms. The highest BCUT2D eigenvalue weighted by atomic mass is 32.2. The molecule has 2 aromatic carbocycles. The van der Waals surface area contributed by atoms with Crippen molar-refractivity contribution in [1.29, 1.82) is 0 Å². The van der Waals surface area contributed by atoms with Gasteiger partial charge in [-0.25, -0.2) is 21.6 Å². The van der Waals surface area contributed by atoms with E-state index in [9.17, 15) is 26.4 Å². The Labute approximate surface area is 210 Å². The molecule has 0 bridgehead atoms. The van der Waals surface area contributed by atoms with Crippen LogP contribution >= 0.6 is 0 Å². The number of aryl methyl sites for hydroxylation is 1. The lowest BCUT2D eigenvalue weighted by Crippen LogP contribution is -2.50. The molecule has 1 saturated carbocycles. The van der Waals surface area contributed by atoms with Gasteiger partial charge in [-0.3, -0.25) is 4.79 Å². The van der Waals surface area contributed by atoms with E-state index in [2.05, 4.69) is 0 Å². The molecule has 1 aliphatic heterocycles. The summed E-state index contributed by atoms with van der Waals surface area (Å²) in [5.74, 6) is -3.55. The number of sulfonamides is 1. The number of halogens is 3. The van der Waals surface area contributed by atoms with E-state index in [0.29, 0.717) is 12.8 Å². The normalized spacial score (nSPS) is 20.9. The Bertz CT molecular complexity index is 1240. The number of likely N-dealkylation sites (N-methyl/N-ethyl adjacent to an activating group) is 1. The summed E-state index contributed by atoms with van der Waals surface area (Å²) in [5.41, 5.74) is 0.924. The second kappa shape index (κ2) is 10.0. The van der Waals surface area contributed by atoms with Gasteiger partial charge in [-0.2, -0.15) is 4.31 Å². The van der Waals surface area contributed by atoms with Gasteiger partial charge in [0.1, 0.15) is 17.6 Å². The van der Waals surface area contributed by atoms with Crippen LogP contribution in [-0.4, -0.2) is 62.2 Å². The van der Waals surface area contributed by atoms with E-state index in [1.165, 1.54) is 34.5 Å². The smallest absolute Gasteiger partial charge is 0.248 e. The van der Waals surface area contributed by atoms with Crippen LogP contribution in [0.2, 0.25) is 0 Å². The number of nitrogens with zero attached hydrogens (tertiary/aromatic N) is 2. The fourth-order valence-electron chi connectivity index (χ4n) is 5.23. The van der Waals surface area contributed by atoms with Gasteiger partial charge in [-0.1, -0.05) is 17.7 Å². The van der Waals surface area contributed by atoms with Crippen molar-refractivity contribution in [2.45, 2.75) is 68.4 Å². The third-order valence-corrected chi connectivity index (χ3v) is 9.22. The number of carbonyl (C=O) groups excluding carboxylic acids is 1. The number of benzene rings is 2. The first-order chi connectivity index (χ1) is 17.0. The summed E-state index contributed by atoms with van der Waals surface area (Å²) < 4.78 is 76.6. The molecule has 1 saturated heterocycles. The lowest BCUT2D eigenvalue weighted by molar-refractivity contribution is -0.138. The maximum absolute atomic E-state index is 15.0. The van der Waals surface area contributed by atoms with E-state index in [1.54, 1.807) is 32.2 Å². The van der Waals surface area contributed by atoms with Gasteiger partial charge in [-0.05, 0) is 56.9 Å². The quantitative estimate of drug-likeness (QED) is 0.534. The van der Waals surface area contributed by atoms with E-state index in [1.807, 2.05) is 0 Å². The molecule has 4 rings (SSSR count). The Morgan fingerprint density at radius 1 is 1.14 bits per heavy atom. The van der Waals surface area contributed by atoms with Crippen molar-refractivity contribution in [2.24, 2.45) is 0 Å². The first-order valence-electron chi connectivity index (χ1n) is 12.1. The molecule has 1 atom stereocenters. The number of ether oxygens (including phenoxy) is 1. The molecule has 1 aliphatic carbocycles. The molecule has 1 amide bonds. The van der Waals surface area contributed by atoms with Crippen molar-refractivity contribution in [1.82, 2.24) is 9.21 Å². The molecule has 10 heteroatoms. The minimum atomic E-state index is -4.21. The number of hydrogen-bond donors (Lipinski definition) is 0. The second-order valence-corrected chi connectivity index (χ2v) is 11.5. The zero-order chi connectivity index (χ0) is 26.3. The molecule has 0 aromatic heterocycles. The number of hydrogen-bond acceptors (Lipinski definition) is 4. The summed E-state index contributed by atoms with van der Waals surface area (Å²) in [7, 11) is -1.27. The monoisotopic (exact) mass is 524 g/mol. The first-order valence-corrected chi connectivity index (χ1v) is 13.5. The SMILES string of the molecule is COc1cccc(F)c1-c1cc(C)ccc1S(=O)(=O)N1CCC[C@H]1C(=O)N(C)C1CCC(F)(F)CC1. The number of amides is 1. The van der Waals surface area contributed by atoms with Crippen molar-refractivity contribution < 1.29 is 31.1 Å². The maximum atomic E-state index is 15.0. The van der Waals surface area contributed by atoms with Gasteiger partial charge >= 0.3 is 0 Å². The lowest BCUT2D eigenvalue weighted by atomic mass is 9.91. The van der Waals surface area contributed by atoms with Gasteiger partial charge in [0.05, 0.1) is 17.6 Å². The minimum absolute atomic E-state index is 0.0320. The van der Waals surface area contributed by atoms with Crippen LogP contribution in [0.3, 0.4) is 0 Å². The topological polar surface area (TPSA) is 66.9 Å². The molecule has 1 heterocycles. The van der Waals surface area contributed by atoms with Gasteiger partial charge in [0.2, 0.25) is 21.9 Å². The van der Waals surface area contributed by atoms with Gasteiger partial charge in [0, 0.05) is 38.0 Å². The van der Waals surface area contributed by atoms with Gasteiger partial charge in [0.15, 0.2) is 0 Å². The highest BCUT2D eigenvalue weighted by Gasteiger charge is 2.44. The van der Waals surface area contributed by atoms with Crippen LogP contribution in [0.4, 0.5) is 13.2 Å². The number of carbonyl (C=O) groups is 1. The molecule has 196 valence electrons. The Hall–Kier alpha value is -2.59. The van der Waals surface area contributed by atoms with E-state index in [4.69, 9.17) is 4.74 Å². The van der Waals surface area contributed by atoms with E-state index in [-0.39, 0.29) is 60.0 Å². The highest BCUT2D eigenvalue weighted by molar-refractivity contribution is 7.89. The van der Waals surface area contributed by atoms with Gasteiger partial charge < -0.3 is 9.64 Å². The molecule has 2 aliphatic rings. The molecule has 6 nitrogen and oxygen atoms in total. The van der Waals surface area contributed by atoms with Crippen molar-refractivity contribution in [2.75, 3.05) is 20.7 Å². The standard InChI is InChI=1S/C26H31F3N2O4S/c1-17-9-10-23(19(16-17)24-20(27)6-4-8-22(24)35-3)36(33,34)31-15-5-7-21(31)25(32)30(2)18-11-13-26(28,29)14-12-18/h4,6,8-10,16,18,21H,5,7,11-15H2,1-3H3/t21-/m0/s1. The highest BCUT2D eigenvalue weighted by Crippen LogP contribution is 2.40. The summed E-state index contributed by atoms with van der Waals surface area (Å²) in [6.07, 6.45) is 0.568. The Balaban J connectivity index is 1.68. The van der Waals surface area contributed by atoms with Crippen LogP contribution in [0.15, 0.2) is 41.3 Å². The van der Waals surface area contributed by atoms with Crippen molar-refractivity contribution in [3.8, 4) is 16.9 Å². The summed E-state index contributed by atoms with van der Waals surface area (Å²) in [4.78, 5) is 14.7. The number of methoxy groups -OCH3 is 1. The number of alkyl halides is 2. The molecule has 2 aromatic rings. The molecule has 0 N–H and O–H groups in total. The summed E-state index contributed by atoms with van der Waals surface area (Å²) >= 11 is 0. The Morgan fingerprint density at radius 2 is 1.83 bits per heavy atom. The van der Waals surface area contributed by atoms with Crippen molar-refractivity contribution in [3.05, 3.63) is 47.8 Å². The van der Waals surface area contributed by atoms with E-state index < -0.39 is 33.7 Å². The average Bonchev–Trinajstić information content (AvgIpc) is 3.33. The average molecular weight is 525 g/mol. The molecule has 0 spiro atoms. The van der Waals surface area contributed by atoms with Crippen molar-refractivity contribution in [3.63, 3.8) is 0 Å². The molecule has 0 radical (unpaired) electrons. The van der Waals surface area contributed by atoms with Crippen LogP contribution in [0, 0.1) is 12.7 Å². The molecule has 2 fully saturated rings. The minimum Gasteiger partial charge on any atom is -0.496 e. The zero-order valence-corrected chi connectivity index (χ0v) is 21.5.